The summed E-state index contributed by atoms with van der Waals surface area (Å²) in [5.74, 6) is -0.484. The molecule has 0 aromatic heterocycles. The second-order valence-electron chi connectivity index (χ2n) is 4.97. The van der Waals surface area contributed by atoms with Crippen molar-refractivity contribution in [3.05, 3.63) is 29.6 Å². The average molecular weight is 235 g/mol. The average Bonchev–Trinajstić information content (AvgIpc) is 2.28. The third kappa shape index (κ3) is 3.18. The Hall–Kier alpha value is -1.60. The van der Waals surface area contributed by atoms with Gasteiger partial charge in [-0.2, -0.15) is 5.26 Å². The van der Waals surface area contributed by atoms with E-state index >= 15 is 0 Å². The number of benzene rings is 1. The van der Waals surface area contributed by atoms with Crippen LogP contribution in [0.4, 0.5) is 10.1 Å². The van der Waals surface area contributed by atoms with Crippen molar-refractivity contribution in [2.24, 2.45) is 11.1 Å². The first-order valence-electron chi connectivity index (χ1n) is 5.51. The third-order valence-corrected chi connectivity index (χ3v) is 2.73. The minimum Gasteiger partial charge on any atom is -0.373 e. The summed E-state index contributed by atoms with van der Waals surface area (Å²) in [6.45, 7) is 5.28. The molecule has 0 unspecified atom stereocenters. The molecule has 0 atom stereocenters. The van der Waals surface area contributed by atoms with Gasteiger partial charge in [0.1, 0.15) is 17.4 Å². The fraction of sp³-hybridized carbons (Fsp3) is 0.462. The number of anilines is 1. The molecule has 0 radical (unpaired) electrons. The van der Waals surface area contributed by atoms with Gasteiger partial charge in [-0.05, 0) is 24.1 Å². The molecule has 0 saturated heterocycles. The monoisotopic (exact) mass is 235 g/mol. The Balaban J connectivity index is 3.02. The van der Waals surface area contributed by atoms with Gasteiger partial charge in [-0.3, -0.25) is 0 Å². The largest absolute Gasteiger partial charge is 0.373 e. The van der Waals surface area contributed by atoms with Gasteiger partial charge in [-0.15, -0.1) is 0 Å². The van der Waals surface area contributed by atoms with Gasteiger partial charge in [0, 0.05) is 13.6 Å². The summed E-state index contributed by atoms with van der Waals surface area (Å²) in [5, 5.41) is 8.96. The SMILES string of the molecule is CN(CC(C)(C)CN)c1cccc(F)c1C#N. The minimum atomic E-state index is -0.484. The fourth-order valence-corrected chi connectivity index (χ4v) is 1.73. The lowest BCUT2D eigenvalue weighted by atomic mass is 9.93. The highest BCUT2D eigenvalue weighted by atomic mass is 19.1. The van der Waals surface area contributed by atoms with Crippen LogP contribution in [0.3, 0.4) is 0 Å². The van der Waals surface area contributed by atoms with Crippen molar-refractivity contribution in [3.63, 3.8) is 0 Å². The van der Waals surface area contributed by atoms with E-state index in [2.05, 4.69) is 0 Å². The molecule has 0 heterocycles. The van der Waals surface area contributed by atoms with E-state index in [1.807, 2.05) is 31.9 Å². The lowest BCUT2D eigenvalue weighted by Crippen LogP contribution is -2.37. The number of hydrogen-bond donors (Lipinski definition) is 1. The van der Waals surface area contributed by atoms with Crippen molar-refractivity contribution in [1.82, 2.24) is 0 Å². The molecule has 0 spiro atoms. The number of nitrogens with zero attached hydrogens (tertiary/aromatic N) is 2. The van der Waals surface area contributed by atoms with E-state index in [-0.39, 0.29) is 11.0 Å². The van der Waals surface area contributed by atoms with Gasteiger partial charge in [0.05, 0.1) is 5.69 Å². The molecule has 0 aliphatic heterocycles. The maximum absolute atomic E-state index is 13.5. The van der Waals surface area contributed by atoms with E-state index < -0.39 is 5.82 Å². The van der Waals surface area contributed by atoms with Crippen LogP contribution in [-0.2, 0) is 0 Å². The Kier molecular flexibility index (Phi) is 4.08. The number of nitrogens with two attached hydrogens (primary N) is 1. The maximum atomic E-state index is 13.5. The normalized spacial score (nSPS) is 11.1. The topological polar surface area (TPSA) is 53.0 Å². The smallest absolute Gasteiger partial charge is 0.143 e. The summed E-state index contributed by atoms with van der Waals surface area (Å²) in [7, 11) is 1.84. The van der Waals surface area contributed by atoms with Crippen LogP contribution in [0.25, 0.3) is 0 Å². The third-order valence-electron chi connectivity index (χ3n) is 2.73. The molecular formula is C13H18FN3. The molecule has 17 heavy (non-hydrogen) atoms. The molecule has 4 heteroatoms. The Labute approximate surface area is 102 Å². The summed E-state index contributed by atoms with van der Waals surface area (Å²) in [5.41, 5.74) is 6.28. The van der Waals surface area contributed by atoms with Gasteiger partial charge in [0.15, 0.2) is 0 Å². The van der Waals surface area contributed by atoms with Crippen LogP contribution in [0.5, 0.6) is 0 Å². The predicted molar refractivity (Wildman–Crippen MR) is 67.2 cm³/mol. The second-order valence-corrected chi connectivity index (χ2v) is 4.97. The number of hydrogen-bond acceptors (Lipinski definition) is 3. The second kappa shape index (κ2) is 5.15. The standard InChI is InChI=1S/C13H18FN3/c1-13(2,8-16)9-17(3)12-6-4-5-11(14)10(12)7-15/h4-6H,8-9,16H2,1-3H3. The van der Waals surface area contributed by atoms with E-state index in [0.717, 1.165) is 0 Å². The zero-order valence-electron chi connectivity index (χ0n) is 10.5. The van der Waals surface area contributed by atoms with Gasteiger partial charge < -0.3 is 10.6 Å². The highest BCUT2D eigenvalue weighted by Gasteiger charge is 2.20. The lowest BCUT2D eigenvalue weighted by molar-refractivity contribution is 0.385. The van der Waals surface area contributed by atoms with Crippen LogP contribution in [0.2, 0.25) is 0 Å². The Morgan fingerprint density at radius 1 is 1.47 bits per heavy atom. The summed E-state index contributed by atoms with van der Waals surface area (Å²) >= 11 is 0. The number of halogens is 1. The molecule has 0 aliphatic rings. The van der Waals surface area contributed by atoms with Crippen molar-refractivity contribution in [2.75, 3.05) is 25.0 Å². The van der Waals surface area contributed by atoms with Crippen LogP contribution in [-0.4, -0.2) is 20.1 Å². The van der Waals surface area contributed by atoms with E-state index in [9.17, 15) is 4.39 Å². The van der Waals surface area contributed by atoms with Crippen LogP contribution in [0.1, 0.15) is 19.4 Å². The molecule has 0 bridgehead atoms. The van der Waals surface area contributed by atoms with Crippen molar-refractivity contribution >= 4 is 5.69 Å². The van der Waals surface area contributed by atoms with E-state index in [1.165, 1.54) is 6.07 Å². The first-order valence-corrected chi connectivity index (χ1v) is 5.51. The summed E-state index contributed by atoms with van der Waals surface area (Å²) in [4.78, 5) is 1.87. The Bertz CT molecular complexity index is 435. The van der Waals surface area contributed by atoms with Crippen LogP contribution >= 0.6 is 0 Å². The van der Waals surface area contributed by atoms with Gasteiger partial charge >= 0.3 is 0 Å². The molecule has 0 amide bonds. The summed E-state index contributed by atoms with van der Waals surface area (Å²) in [6.07, 6.45) is 0. The number of nitriles is 1. The molecule has 1 aromatic carbocycles. The first-order chi connectivity index (χ1) is 7.91. The van der Waals surface area contributed by atoms with Gasteiger partial charge in [-0.1, -0.05) is 19.9 Å². The molecule has 1 rings (SSSR count). The first kappa shape index (κ1) is 13.5. The van der Waals surface area contributed by atoms with Gasteiger partial charge in [0.25, 0.3) is 0 Å². The van der Waals surface area contributed by atoms with Crippen molar-refractivity contribution in [3.8, 4) is 6.07 Å². The molecule has 1 aromatic rings. The zero-order valence-corrected chi connectivity index (χ0v) is 10.5. The zero-order chi connectivity index (χ0) is 13.1. The van der Waals surface area contributed by atoms with Crippen LogP contribution in [0, 0.1) is 22.6 Å². The van der Waals surface area contributed by atoms with Gasteiger partial charge in [0.2, 0.25) is 0 Å². The molecule has 92 valence electrons. The van der Waals surface area contributed by atoms with E-state index in [1.54, 1.807) is 12.1 Å². The van der Waals surface area contributed by atoms with E-state index in [0.29, 0.717) is 18.8 Å². The van der Waals surface area contributed by atoms with Crippen molar-refractivity contribution in [2.45, 2.75) is 13.8 Å². The quantitative estimate of drug-likeness (QED) is 0.869. The highest BCUT2D eigenvalue weighted by Crippen LogP contribution is 2.24. The van der Waals surface area contributed by atoms with Gasteiger partial charge in [-0.25, -0.2) is 4.39 Å². The molecule has 3 nitrogen and oxygen atoms in total. The van der Waals surface area contributed by atoms with Crippen molar-refractivity contribution < 1.29 is 4.39 Å². The fourth-order valence-electron chi connectivity index (χ4n) is 1.73. The predicted octanol–water partition coefficient (Wildman–Crippen LogP) is 2.12. The lowest BCUT2D eigenvalue weighted by Gasteiger charge is -2.30. The molecule has 0 saturated carbocycles. The molecular weight excluding hydrogens is 217 g/mol. The molecule has 0 aliphatic carbocycles. The van der Waals surface area contributed by atoms with E-state index in [4.69, 9.17) is 11.0 Å². The highest BCUT2D eigenvalue weighted by molar-refractivity contribution is 5.59. The maximum Gasteiger partial charge on any atom is 0.143 e. The van der Waals surface area contributed by atoms with Crippen LogP contribution in [0.15, 0.2) is 18.2 Å². The van der Waals surface area contributed by atoms with Crippen LogP contribution < -0.4 is 10.6 Å². The van der Waals surface area contributed by atoms with Crippen molar-refractivity contribution in [1.29, 1.82) is 5.26 Å². The molecule has 0 fully saturated rings. The Morgan fingerprint density at radius 3 is 2.65 bits per heavy atom. The Morgan fingerprint density at radius 2 is 2.12 bits per heavy atom. The summed E-state index contributed by atoms with van der Waals surface area (Å²) < 4.78 is 13.5. The molecule has 2 N–H and O–H groups in total. The number of rotatable bonds is 4. The minimum absolute atomic E-state index is 0.0756. The summed E-state index contributed by atoms with van der Waals surface area (Å²) in [6, 6.07) is 6.55.